The van der Waals surface area contributed by atoms with E-state index in [0.717, 1.165) is 12.3 Å². The predicted octanol–water partition coefficient (Wildman–Crippen LogP) is 0.987. The van der Waals surface area contributed by atoms with Crippen LogP contribution in [0.4, 0.5) is 0 Å². The molecule has 1 aliphatic rings. The number of carboxylic acid groups (broad SMARTS) is 1. The van der Waals surface area contributed by atoms with Gasteiger partial charge in [-0.15, -0.1) is 12.4 Å². The Morgan fingerprint density at radius 2 is 2.44 bits per heavy atom. The average molecular weight is 248 g/mol. The number of morpholine rings is 1. The summed E-state index contributed by atoms with van der Waals surface area (Å²) >= 11 is 0. The summed E-state index contributed by atoms with van der Waals surface area (Å²) in [6, 6.07) is 3.70. The summed E-state index contributed by atoms with van der Waals surface area (Å²) in [5.41, 5.74) is 0. The van der Waals surface area contributed by atoms with Crippen LogP contribution in [0.3, 0.4) is 0 Å². The van der Waals surface area contributed by atoms with Crippen molar-refractivity contribution < 1.29 is 19.1 Å². The molecule has 1 aromatic rings. The van der Waals surface area contributed by atoms with Crippen LogP contribution < -0.4 is 0 Å². The lowest BCUT2D eigenvalue weighted by Gasteiger charge is -2.29. The number of nitrogens with zero attached hydrogens (tertiary/aromatic N) is 1. The molecule has 16 heavy (non-hydrogen) atoms. The number of hydrogen-bond acceptors (Lipinski definition) is 4. The Morgan fingerprint density at radius 1 is 1.62 bits per heavy atom. The molecule has 1 aromatic heterocycles. The third-order valence-corrected chi connectivity index (χ3v) is 2.39. The lowest BCUT2D eigenvalue weighted by Crippen LogP contribution is -2.45. The maximum Gasteiger partial charge on any atom is 0.334 e. The minimum absolute atomic E-state index is 0. The summed E-state index contributed by atoms with van der Waals surface area (Å²) in [5.74, 6) is -0.0554. The first-order valence-electron chi connectivity index (χ1n) is 4.85. The molecular weight excluding hydrogens is 234 g/mol. The number of ether oxygens (including phenoxy) is 1. The molecule has 0 aromatic carbocycles. The van der Waals surface area contributed by atoms with Crippen LogP contribution in [0.15, 0.2) is 22.8 Å². The molecule has 5 nitrogen and oxygen atoms in total. The molecule has 1 saturated heterocycles. The standard InChI is InChI=1S/C10H13NO4.ClH/c12-10(13)9-7-11(3-5-15-9)6-8-2-1-4-14-8;/h1-2,4,9H,3,5-7H2,(H,12,13);1H. The third-order valence-electron chi connectivity index (χ3n) is 2.39. The summed E-state index contributed by atoms with van der Waals surface area (Å²) < 4.78 is 10.3. The fraction of sp³-hybridized carbons (Fsp3) is 0.500. The van der Waals surface area contributed by atoms with Crippen molar-refractivity contribution in [3.63, 3.8) is 0 Å². The predicted molar refractivity (Wildman–Crippen MR) is 58.6 cm³/mol. The summed E-state index contributed by atoms with van der Waals surface area (Å²) in [6.45, 7) is 2.25. The quantitative estimate of drug-likeness (QED) is 0.863. The molecule has 6 heteroatoms. The topological polar surface area (TPSA) is 62.9 Å². The number of hydrogen-bond donors (Lipinski definition) is 1. The van der Waals surface area contributed by atoms with Crippen molar-refractivity contribution in [1.29, 1.82) is 0 Å². The first kappa shape index (κ1) is 13.0. The van der Waals surface area contributed by atoms with Crippen LogP contribution in [-0.2, 0) is 16.1 Å². The van der Waals surface area contributed by atoms with Gasteiger partial charge in [-0.05, 0) is 12.1 Å². The number of aliphatic carboxylic acids is 1. The highest BCUT2D eigenvalue weighted by atomic mass is 35.5. The van der Waals surface area contributed by atoms with E-state index in [9.17, 15) is 4.79 Å². The minimum Gasteiger partial charge on any atom is -0.479 e. The van der Waals surface area contributed by atoms with Gasteiger partial charge in [0.15, 0.2) is 6.10 Å². The number of carbonyl (C=O) groups is 1. The molecule has 2 rings (SSSR count). The van der Waals surface area contributed by atoms with Crippen molar-refractivity contribution in [3.05, 3.63) is 24.2 Å². The smallest absolute Gasteiger partial charge is 0.334 e. The molecule has 0 bridgehead atoms. The van der Waals surface area contributed by atoms with E-state index in [1.54, 1.807) is 6.26 Å². The Labute approximate surface area is 99.4 Å². The zero-order valence-electron chi connectivity index (χ0n) is 8.67. The molecule has 0 spiro atoms. The van der Waals surface area contributed by atoms with Gasteiger partial charge >= 0.3 is 5.97 Å². The Bertz CT molecular complexity index is 328. The second-order valence-electron chi connectivity index (χ2n) is 3.51. The monoisotopic (exact) mass is 247 g/mol. The van der Waals surface area contributed by atoms with Gasteiger partial charge in [-0.1, -0.05) is 0 Å². The normalized spacial score (nSPS) is 21.4. The van der Waals surface area contributed by atoms with Crippen LogP contribution in [-0.4, -0.2) is 41.8 Å². The summed E-state index contributed by atoms with van der Waals surface area (Å²) in [7, 11) is 0. The van der Waals surface area contributed by atoms with E-state index < -0.39 is 12.1 Å². The van der Waals surface area contributed by atoms with Gasteiger partial charge < -0.3 is 14.3 Å². The maximum atomic E-state index is 10.7. The largest absolute Gasteiger partial charge is 0.479 e. The fourth-order valence-electron chi connectivity index (χ4n) is 1.62. The summed E-state index contributed by atoms with van der Waals surface area (Å²) in [5, 5.41) is 8.81. The van der Waals surface area contributed by atoms with Gasteiger partial charge in [-0.25, -0.2) is 4.79 Å². The summed E-state index contributed by atoms with van der Waals surface area (Å²) in [4.78, 5) is 12.7. The molecule has 0 aliphatic carbocycles. The Balaban J connectivity index is 0.00000128. The molecule has 1 N–H and O–H groups in total. The zero-order chi connectivity index (χ0) is 10.7. The van der Waals surface area contributed by atoms with Gasteiger partial charge in [-0.3, -0.25) is 4.90 Å². The Kier molecular flexibility index (Phi) is 4.79. The third kappa shape index (κ3) is 3.23. The van der Waals surface area contributed by atoms with Gasteiger partial charge in [0, 0.05) is 13.1 Å². The van der Waals surface area contributed by atoms with Crippen molar-refractivity contribution in [1.82, 2.24) is 4.90 Å². The van der Waals surface area contributed by atoms with Crippen LogP contribution in [0.1, 0.15) is 5.76 Å². The molecule has 2 heterocycles. The second-order valence-corrected chi connectivity index (χ2v) is 3.51. The molecule has 1 unspecified atom stereocenters. The van der Waals surface area contributed by atoms with Crippen LogP contribution in [0.25, 0.3) is 0 Å². The van der Waals surface area contributed by atoms with Crippen LogP contribution in [0.5, 0.6) is 0 Å². The molecule has 90 valence electrons. The second kappa shape index (κ2) is 5.89. The molecule has 1 aliphatic heterocycles. The van der Waals surface area contributed by atoms with E-state index in [2.05, 4.69) is 0 Å². The van der Waals surface area contributed by atoms with E-state index in [0.29, 0.717) is 19.7 Å². The van der Waals surface area contributed by atoms with E-state index in [-0.39, 0.29) is 12.4 Å². The van der Waals surface area contributed by atoms with E-state index >= 15 is 0 Å². The fourth-order valence-corrected chi connectivity index (χ4v) is 1.62. The molecule has 0 amide bonds. The average Bonchev–Trinajstić information content (AvgIpc) is 2.71. The number of halogens is 1. The lowest BCUT2D eigenvalue weighted by molar-refractivity contribution is -0.156. The highest BCUT2D eigenvalue weighted by molar-refractivity contribution is 5.85. The first-order valence-corrected chi connectivity index (χ1v) is 4.85. The molecule has 1 atom stereocenters. The SMILES string of the molecule is Cl.O=C(O)C1CN(Cc2ccco2)CCO1. The lowest BCUT2D eigenvalue weighted by atomic mass is 10.2. The van der Waals surface area contributed by atoms with Crippen molar-refractivity contribution in [2.45, 2.75) is 12.6 Å². The van der Waals surface area contributed by atoms with Gasteiger partial charge in [0.25, 0.3) is 0 Å². The highest BCUT2D eigenvalue weighted by Crippen LogP contribution is 2.10. The highest BCUT2D eigenvalue weighted by Gasteiger charge is 2.26. The Hall–Kier alpha value is -1.04. The molecule has 0 saturated carbocycles. The van der Waals surface area contributed by atoms with Crippen LogP contribution in [0, 0.1) is 0 Å². The number of carboxylic acids is 1. The minimum atomic E-state index is -0.904. The number of furan rings is 1. The first-order chi connectivity index (χ1) is 7.25. The maximum absolute atomic E-state index is 10.7. The van der Waals surface area contributed by atoms with Crippen LogP contribution >= 0.6 is 12.4 Å². The van der Waals surface area contributed by atoms with Crippen molar-refractivity contribution in [2.24, 2.45) is 0 Å². The number of rotatable bonds is 3. The van der Waals surface area contributed by atoms with Gasteiger partial charge in [0.05, 0.1) is 19.4 Å². The van der Waals surface area contributed by atoms with Crippen LogP contribution in [0.2, 0.25) is 0 Å². The van der Waals surface area contributed by atoms with E-state index in [1.807, 2.05) is 17.0 Å². The van der Waals surface area contributed by atoms with Gasteiger partial charge in [0.2, 0.25) is 0 Å². The zero-order valence-corrected chi connectivity index (χ0v) is 9.48. The molecule has 1 fully saturated rings. The van der Waals surface area contributed by atoms with E-state index in [1.165, 1.54) is 0 Å². The van der Waals surface area contributed by atoms with Gasteiger partial charge in [0.1, 0.15) is 5.76 Å². The molecule has 0 radical (unpaired) electrons. The van der Waals surface area contributed by atoms with Crippen molar-refractivity contribution in [2.75, 3.05) is 19.7 Å². The van der Waals surface area contributed by atoms with E-state index in [4.69, 9.17) is 14.3 Å². The van der Waals surface area contributed by atoms with Crippen molar-refractivity contribution in [3.8, 4) is 0 Å². The summed E-state index contributed by atoms with van der Waals surface area (Å²) in [6.07, 6.45) is 0.901. The van der Waals surface area contributed by atoms with Crippen molar-refractivity contribution >= 4 is 18.4 Å². The Morgan fingerprint density at radius 3 is 3.06 bits per heavy atom. The van der Waals surface area contributed by atoms with Gasteiger partial charge in [-0.2, -0.15) is 0 Å². The molecular formula is C10H14ClNO4.